The van der Waals surface area contributed by atoms with Crippen LogP contribution in [0.25, 0.3) is 0 Å². The van der Waals surface area contributed by atoms with E-state index in [2.05, 4.69) is 35.1 Å². The van der Waals surface area contributed by atoms with Crippen LogP contribution in [0.5, 0.6) is 0 Å². The lowest BCUT2D eigenvalue weighted by Gasteiger charge is -2.22. The summed E-state index contributed by atoms with van der Waals surface area (Å²) in [4.78, 5) is 0. The predicted molar refractivity (Wildman–Crippen MR) is 71.1 cm³/mol. The summed E-state index contributed by atoms with van der Waals surface area (Å²) >= 11 is 0. The van der Waals surface area contributed by atoms with Gasteiger partial charge in [0.1, 0.15) is 0 Å². The van der Waals surface area contributed by atoms with Gasteiger partial charge in [0.05, 0.1) is 17.8 Å². The van der Waals surface area contributed by atoms with E-state index >= 15 is 0 Å². The van der Waals surface area contributed by atoms with Crippen molar-refractivity contribution in [1.29, 1.82) is 0 Å². The Morgan fingerprint density at radius 1 is 1.61 bits per heavy atom. The number of aromatic nitrogens is 2. The van der Waals surface area contributed by atoms with Crippen molar-refractivity contribution in [2.24, 2.45) is 5.84 Å². The topological polar surface area (TPSA) is 65.1 Å². The summed E-state index contributed by atoms with van der Waals surface area (Å²) in [6.07, 6.45) is 4.31. The smallest absolute Gasteiger partial charge is 0.0746 e. The summed E-state index contributed by atoms with van der Waals surface area (Å²) in [5.41, 5.74) is 5.30. The van der Waals surface area contributed by atoms with Crippen LogP contribution in [0, 0.1) is 0 Å². The molecule has 102 valence electrons. The van der Waals surface area contributed by atoms with Gasteiger partial charge in [-0.05, 0) is 32.3 Å². The van der Waals surface area contributed by atoms with Crippen LogP contribution in [0.1, 0.15) is 38.1 Å². The zero-order valence-electron chi connectivity index (χ0n) is 11.4. The van der Waals surface area contributed by atoms with Crippen molar-refractivity contribution in [1.82, 2.24) is 15.2 Å². The summed E-state index contributed by atoms with van der Waals surface area (Å²) < 4.78 is 7.78. The molecule has 2 unspecified atom stereocenters. The van der Waals surface area contributed by atoms with Gasteiger partial charge in [-0.25, -0.2) is 0 Å². The van der Waals surface area contributed by atoms with E-state index in [1.54, 1.807) is 0 Å². The molecule has 0 radical (unpaired) electrons. The highest BCUT2D eigenvalue weighted by atomic mass is 16.5. The molecule has 0 saturated carbocycles. The van der Waals surface area contributed by atoms with Crippen molar-refractivity contribution < 1.29 is 4.74 Å². The summed E-state index contributed by atoms with van der Waals surface area (Å²) in [5, 5.41) is 4.57. The van der Waals surface area contributed by atoms with Crippen molar-refractivity contribution in [3.05, 3.63) is 17.5 Å². The summed E-state index contributed by atoms with van der Waals surface area (Å²) in [6, 6.07) is 2.36. The van der Waals surface area contributed by atoms with Crippen molar-refractivity contribution in [3.8, 4) is 0 Å². The second kappa shape index (κ2) is 6.31. The SMILES string of the molecule is CCc1cc(CC(NN)C2CCCO2)n(CC)n1. The van der Waals surface area contributed by atoms with Gasteiger partial charge in [-0.1, -0.05) is 6.92 Å². The molecule has 0 spiro atoms. The number of aryl methyl sites for hydroxylation is 2. The van der Waals surface area contributed by atoms with Crippen molar-refractivity contribution >= 4 is 0 Å². The average molecular weight is 252 g/mol. The molecule has 2 rings (SSSR count). The lowest BCUT2D eigenvalue weighted by molar-refractivity contribution is 0.0778. The molecule has 18 heavy (non-hydrogen) atoms. The van der Waals surface area contributed by atoms with E-state index in [1.807, 2.05) is 0 Å². The van der Waals surface area contributed by atoms with Gasteiger partial charge in [0, 0.05) is 25.3 Å². The molecule has 0 amide bonds. The van der Waals surface area contributed by atoms with Crippen molar-refractivity contribution in [3.63, 3.8) is 0 Å². The van der Waals surface area contributed by atoms with E-state index in [0.717, 1.165) is 44.5 Å². The Kier molecular flexibility index (Phi) is 4.74. The first-order valence-electron chi connectivity index (χ1n) is 6.91. The Bertz CT molecular complexity index is 371. The van der Waals surface area contributed by atoms with Gasteiger partial charge in [-0.15, -0.1) is 0 Å². The van der Waals surface area contributed by atoms with Crippen LogP contribution in [0.4, 0.5) is 0 Å². The van der Waals surface area contributed by atoms with Gasteiger partial charge in [0.15, 0.2) is 0 Å². The molecule has 1 aliphatic rings. The standard InChI is InChI=1S/C13H24N4O/c1-3-10-8-11(17(4-2)16-10)9-12(15-14)13-6-5-7-18-13/h8,12-13,15H,3-7,9,14H2,1-2H3. The largest absolute Gasteiger partial charge is 0.377 e. The monoisotopic (exact) mass is 252 g/mol. The van der Waals surface area contributed by atoms with E-state index in [1.165, 1.54) is 5.69 Å². The van der Waals surface area contributed by atoms with E-state index in [4.69, 9.17) is 10.6 Å². The van der Waals surface area contributed by atoms with Gasteiger partial charge in [-0.3, -0.25) is 16.0 Å². The highest BCUT2D eigenvalue weighted by molar-refractivity contribution is 5.12. The minimum atomic E-state index is 0.180. The zero-order valence-corrected chi connectivity index (χ0v) is 11.4. The molecule has 3 N–H and O–H groups in total. The third-order valence-corrected chi connectivity index (χ3v) is 3.63. The Labute approximate surface area is 109 Å². The quantitative estimate of drug-likeness (QED) is 0.586. The Balaban J connectivity index is 2.07. The molecular weight excluding hydrogens is 228 g/mol. The summed E-state index contributed by atoms with van der Waals surface area (Å²) in [6.45, 7) is 6.01. The maximum atomic E-state index is 5.71. The first-order valence-corrected chi connectivity index (χ1v) is 6.91. The highest BCUT2D eigenvalue weighted by Crippen LogP contribution is 2.19. The lowest BCUT2D eigenvalue weighted by atomic mass is 10.0. The van der Waals surface area contributed by atoms with Crippen LogP contribution < -0.4 is 11.3 Å². The average Bonchev–Trinajstić information content (AvgIpc) is 3.04. The van der Waals surface area contributed by atoms with Gasteiger partial charge in [0.25, 0.3) is 0 Å². The van der Waals surface area contributed by atoms with Gasteiger partial charge in [0.2, 0.25) is 0 Å². The number of nitrogens with zero attached hydrogens (tertiary/aromatic N) is 2. The second-order valence-corrected chi connectivity index (χ2v) is 4.83. The fraction of sp³-hybridized carbons (Fsp3) is 0.769. The molecule has 5 nitrogen and oxygen atoms in total. The number of ether oxygens (including phenoxy) is 1. The molecule has 1 aromatic rings. The first kappa shape index (κ1) is 13.5. The number of hydrogen-bond donors (Lipinski definition) is 2. The van der Waals surface area contributed by atoms with Crippen LogP contribution in [-0.2, 0) is 24.1 Å². The first-order chi connectivity index (χ1) is 8.78. The molecule has 0 aliphatic carbocycles. The molecule has 2 heterocycles. The van der Waals surface area contributed by atoms with E-state index in [9.17, 15) is 0 Å². The Morgan fingerprint density at radius 3 is 3.00 bits per heavy atom. The highest BCUT2D eigenvalue weighted by Gasteiger charge is 2.26. The van der Waals surface area contributed by atoms with Gasteiger partial charge < -0.3 is 4.74 Å². The predicted octanol–water partition coefficient (Wildman–Crippen LogP) is 1.02. The second-order valence-electron chi connectivity index (χ2n) is 4.83. The van der Waals surface area contributed by atoms with Crippen molar-refractivity contribution in [2.45, 2.75) is 58.2 Å². The van der Waals surface area contributed by atoms with Gasteiger partial charge >= 0.3 is 0 Å². The van der Waals surface area contributed by atoms with Crippen LogP contribution in [-0.4, -0.2) is 28.5 Å². The summed E-state index contributed by atoms with van der Waals surface area (Å²) in [5.74, 6) is 5.67. The molecule has 1 saturated heterocycles. The van der Waals surface area contributed by atoms with Crippen LogP contribution in [0.15, 0.2) is 6.07 Å². The number of nitrogens with two attached hydrogens (primary N) is 1. The zero-order chi connectivity index (χ0) is 13.0. The molecule has 2 atom stereocenters. The number of hydrazine groups is 1. The molecule has 1 fully saturated rings. The van der Waals surface area contributed by atoms with Crippen LogP contribution in [0.2, 0.25) is 0 Å². The molecular formula is C13H24N4O. The summed E-state index contributed by atoms with van der Waals surface area (Å²) in [7, 11) is 0. The maximum absolute atomic E-state index is 5.71. The van der Waals surface area contributed by atoms with Crippen molar-refractivity contribution in [2.75, 3.05) is 6.61 Å². The van der Waals surface area contributed by atoms with E-state index in [0.29, 0.717) is 0 Å². The number of hydrogen-bond acceptors (Lipinski definition) is 4. The minimum Gasteiger partial charge on any atom is -0.377 e. The number of rotatable bonds is 6. The molecule has 0 aromatic carbocycles. The normalized spacial score (nSPS) is 21.4. The van der Waals surface area contributed by atoms with Crippen LogP contribution >= 0.6 is 0 Å². The molecule has 0 bridgehead atoms. The fourth-order valence-corrected chi connectivity index (χ4v) is 2.57. The fourth-order valence-electron chi connectivity index (χ4n) is 2.57. The molecule has 1 aliphatic heterocycles. The third-order valence-electron chi connectivity index (χ3n) is 3.63. The molecule has 5 heteroatoms. The Hall–Kier alpha value is -0.910. The van der Waals surface area contributed by atoms with Crippen LogP contribution in [0.3, 0.4) is 0 Å². The molecule has 1 aromatic heterocycles. The lowest BCUT2D eigenvalue weighted by Crippen LogP contribution is -2.45. The third kappa shape index (κ3) is 2.91. The van der Waals surface area contributed by atoms with Gasteiger partial charge in [-0.2, -0.15) is 5.10 Å². The number of nitrogens with one attached hydrogen (secondary N) is 1. The van der Waals surface area contributed by atoms with E-state index in [-0.39, 0.29) is 12.1 Å². The van der Waals surface area contributed by atoms with E-state index < -0.39 is 0 Å². The Morgan fingerprint density at radius 2 is 2.44 bits per heavy atom. The maximum Gasteiger partial charge on any atom is 0.0746 e. The minimum absolute atomic E-state index is 0.180.